The summed E-state index contributed by atoms with van der Waals surface area (Å²) in [5, 5.41) is 5.33. The molecule has 7 heteroatoms. The van der Waals surface area contributed by atoms with Crippen molar-refractivity contribution in [3.05, 3.63) is 51.7 Å². The van der Waals surface area contributed by atoms with Crippen molar-refractivity contribution in [3.8, 4) is 5.75 Å². The summed E-state index contributed by atoms with van der Waals surface area (Å²) >= 11 is 1.61. The Hall–Kier alpha value is -2.15. The van der Waals surface area contributed by atoms with E-state index in [-0.39, 0.29) is 18.3 Å². The summed E-state index contributed by atoms with van der Waals surface area (Å²) in [7, 11) is 0. The Morgan fingerprint density at radius 2 is 1.91 bits per heavy atom. The molecule has 22 heavy (non-hydrogen) atoms. The van der Waals surface area contributed by atoms with Crippen LogP contribution in [0.15, 0.2) is 36.4 Å². The number of thiophene rings is 1. The number of carbonyl (C=O) groups excluding carboxylic acids is 1. The van der Waals surface area contributed by atoms with Gasteiger partial charge in [-0.1, -0.05) is 18.2 Å². The highest BCUT2D eigenvalue weighted by atomic mass is 32.1. The molecule has 0 bridgehead atoms. The van der Waals surface area contributed by atoms with Crippen molar-refractivity contribution in [2.24, 2.45) is 0 Å². The summed E-state index contributed by atoms with van der Waals surface area (Å²) < 4.78 is 29.0. The van der Waals surface area contributed by atoms with Crippen LogP contribution < -0.4 is 15.4 Å². The Labute approximate surface area is 131 Å². The highest BCUT2D eigenvalue weighted by Gasteiger charge is 2.10. The average molecular weight is 326 g/mol. The van der Waals surface area contributed by atoms with Gasteiger partial charge in [-0.3, -0.25) is 0 Å². The van der Waals surface area contributed by atoms with Crippen LogP contribution in [0.2, 0.25) is 0 Å². The molecule has 1 aromatic carbocycles. The van der Waals surface area contributed by atoms with Crippen LogP contribution in [0, 0.1) is 6.92 Å². The Kier molecular flexibility index (Phi) is 5.71. The number of nitrogens with one attached hydrogen (secondary N) is 2. The zero-order chi connectivity index (χ0) is 15.9. The summed E-state index contributed by atoms with van der Waals surface area (Å²) in [4.78, 5) is 13.9. The summed E-state index contributed by atoms with van der Waals surface area (Å²) in [6.07, 6.45) is 0. The zero-order valence-corrected chi connectivity index (χ0v) is 12.8. The lowest BCUT2D eigenvalue weighted by molar-refractivity contribution is -0.0504. The second kappa shape index (κ2) is 7.74. The molecule has 0 aliphatic rings. The topological polar surface area (TPSA) is 50.4 Å². The molecule has 2 N–H and O–H groups in total. The van der Waals surface area contributed by atoms with Crippen LogP contribution in [-0.2, 0) is 13.1 Å². The van der Waals surface area contributed by atoms with Crippen molar-refractivity contribution in [2.45, 2.75) is 26.6 Å². The predicted octanol–water partition coefficient (Wildman–Crippen LogP) is 3.66. The summed E-state index contributed by atoms with van der Waals surface area (Å²) in [5.74, 6) is 0.0617. The van der Waals surface area contributed by atoms with Gasteiger partial charge < -0.3 is 15.4 Å². The number of amides is 2. The third-order valence-corrected chi connectivity index (χ3v) is 3.85. The van der Waals surface area contributed by atoms with E-state index in [9.17, 15) is 13.6 Å². The maximum absolute atomic E-state index is 12.3. The van der Waals surface area contributed by atoms with Crippen molar-refractivity contribution in [1.29, 1.82) is 0 Å². The van der Waals surface area contributed by atoms with Gasteiger partial charge in [-0.15, -0.1) is 11.3 Å². The fraction of sp³-hybridized carbons (Fsp3) is 0.267. The van der Waals surface area contributed by atoms with E-state index in [0.29, 0.717) is 12.1 Å². The van der Waals surface area contributed by atoms with E-state index in [0.717, 1.165) is 4.88 Å². The summed E-state index contributed by atoms with van der Waals surface area (Å²) in [6.45, 7) is -0.358. The van der Waals surface area contributed by atoms with Crippen LogP contribution in [0.25, 0.3) is 0 Å². The van der Waals surface area contributed by atoms with E-state index in [2.05, 4.69) is 15.4 Å². The standard InChI is InChI=1S/C15H16F2N2O2S/c1-10-6-7-12(22-10)9-19-15(20)18-8-11-4-2-3-5-13(11)21-14(16)17/h2-7,14H,8-9H2,1H3,(H2,18,19,20). The van der Waals surface area contributed by atoms with Crippen LogP contribution in [-0.4, -0.2) is 12.6 Å². The number of hydrogen-bond acceptors (Lipinski definition) is 3. The molecule has 1 heterocycles. The number of halogens is 2. The van der Waals surface area contributed by atoms with Gasteiger partial charge in [0.2, 0.25) is 0 Å². The molecule has 118 valence electrons. The number of aryl methyl sites for hydroxylation is 1. The van der Waals surface area contributed by atoms with Gasteiger partial charge in [-0.05, 0) is 25.1 Å². The highest BCUT2D eigenvalue weighted by molar-refractivity contribution is 7.11. The Bertz CT molecular complexity index is 632. The third-order valence-electron chi connectivity index (χ3n) is 2.85. The molecule has 0 saturated carbocycles. The molecule has 1 aromatic heterocycles. The number of para-hydroxylation sites is 1. The number of benzene rings is 1. The minimum atomic E-state index is -2.89. The van der Waals surface area contributed by atoms with E-state index >= 15 is 0 Å². The van der Waals surface area contributed by atoms with E-state index in [1.54, 1.807) is 29.5 Å². The number of rotatable bonds is 6. The molecule has 0 aliphatic heterocycles. The molecule has 0 fully saturated rings. The molecule has 0 saturated heterocycles. The van der Waals surface area contributed by atoms with Crippen LogP contribution >= 0.6 is 11.3 Å². The molecule has 0 unspecified atom stereocenters. The summed E-state index contributed by atoms with van der Waals surface area (Å²) in [6, 6.07) is 9.93. The summed E-state index contributed by atoms with van der Waals surface area (Å²) in [5.41, 5.74) is 0.491. The SMILES string of the molecule is Cc1ccc(CNC(=O)NCc2ccccc2OC(F)F)s1. The zero-order valence-electron chi connectivity index (χ0n) is 11.9. The van der Waals surface area contributed by atoms with E-state index in [4.69, 9.17) is 0 Å². The van der Waals surface area contributed by atoms with Gasteiger partial charge in [-0.25, -0.2) is 4.79 Å². The largest absolute Gasteiger partial charge is 0.434 e. The van der Waals surface area contributed by atoms with Crippen molar-refractivity contribution in [3.63, 3.8) is 0 Å². The molecule has 0 aliphatic carbocycles. The lowest BCUT2D eigenvalue weighted by atomic mass is 10.2. The quantitative estimate of drug-likeness (QED) is 0.851. The van der Waals surface area contributed by atoms with Crippen LogP contribution in [0.4, 0.5) is 13.6 Å². The van der Waals surface area contributed by atoms with E-state index in [1.165, 1.54) is 10.9 Å². The lowest BCUT2D eigenvalue weighted by Crippen LogP contribution is -2.34. The minimum Gasteiger partial charge on any atom is -0.434 e. The van der Waals surface area contributed by atoms with Crippen molar-refractivity contribution in [1.82, 2.24) is 10.6 Å². The van der Waals surface area contributed by atoms with Gasteiger partial charge >= 0.3 is 12.6 Å². The third kappa shape index (κ3) is 5.00. The number of alkyl halides is 2. The van der Waals surface area contributed by atoms with Gasteiger partial charge in [0.25, 0.3) is 0 Å². The first-order valence-electron chi connectivity index (χ1n) is 6.64. The van der Waals surface area contributed by atoms with Gasteiger partial charge in [0.05, 0.1) is 6.54 Å². The van der Waals surface area contributed by atoms with Gasteiger partial charge in [-0.2, -0.15) is 8.78 Å². The van der Waals surface area contributed by atoms with Gasteiger partial charge in [0.1, 0.15) is 5.75 Å². The van der Waals surface area contributed by atoms with Gasteiger partial charge in [0, 0.05) is 21.9 Å². The molecule has 0 spiro atoms. The number of ether oxygens (including phenoxy) is 1. The van der Waals surface area contributed by atoms with E-state index < -0.39 is 6.61 Å². The van der Waals surface area contributed by atoms with Crippen molar-refractivity contribution < 1.29 is 18.3 Å². The highest BCUT2D eigenvalue weighted by Crippen LogP contribution is 2.20. The Balaban J connectivity index is 1.83. The first-order valence-corrected chi connectivity index (χ1v) is 7.46. The maximum atomic E-state index is 12.3. The average Bonchev–Trinajstić information content (AvgIpc) is 2.89. The monoisotopic (exact) mass is 326 g/mol. The second-order valence-corrected chi connectivity index (χ2v) is 5.91. The smallest absolute Gasteiger partial charge is 0.387 e. The van der Waals surface area contributed by atoms with Crippen molar-refractivity contribution in [2.75, 3.05) is 0 Å². The first kappa shape index (κ1) is 16.2. The number of carbonyl (C=O) groups is 1. The van der Waals surface area contributed by atoms with Crippen LogP contribution in [0.3, 0.4) is 0 Å². The van der Waals surface area contributed by atoms with E-state index in [1.807, 2.05) is 19.1 Å². The minimum absolute atomic E-state index is 0.0617. The first-order chi connectivity index (χ1) is 10.5. The van der Waals surface area contributed by atoms with Crippen LogP contribution in [0.5, 0.6) is 5.75 Å². The molecule has 0 atom stereocenters. The molecular weight excluding hydrogens is 310 g/mol. The molecule has 0 radical (unpaired) electrons. The Morgan fingerprint density at radius 3 is 2.59 bits per heavy atom. The lowest BCUT2D eigenvalue weighted by Gasteiger charge is -2.11. The fourth-order valence-electron chi connectivity index (χ4n) is 1.85. The molecule has 4 nitrogen and oxygen atoms in total. The Morgan fingerprint density at radius 1 is 1.18 bits per heavy atom. The maximum Gasteiger partial charge on any atom is 0.387 e. The van der Waals surface area contributed by atoms with Crippen LogP contribution in [0.1, 0.15) is 15.3 Å². The van der Waals surface area contributed by atoms with Crippen molar-refractivity contribution >= 4 is 17.4 Å². The van der Waals surface area contributed by atoms with Gasteiger partial charge in [0.15, 0.2) is 0 Å². The molecule has 2 aromatic rings. The second-order valence-electron chi connectivity index (χ2n) is 4.53. The fourth-order valence-corrected chi connectivity index (χ4v) is 2.68. The molecule has 2 amide bonds. The number of hydrogen-bond donors (Lipinski definition) is 2. The predicted molar refractivity (Wildman–Crippen MR) is 81.2 cm³/mol. The number of urea groups is 1. The normalized spacial score (nSPS) is 10.5. The molecular formula is C15H16F2N2O2S. The molecule has 2 rings (SSSR count).